The van der Waals surface area contributed by atoms with Crippen molar-refractivity contribution in [3.05, 3.63) is 61.3 Å². The predicted octanol–water partition coefficient (Wildman–Crippen LogP) is 5.34. The summed E-state index contributed by atoms with van der Waals surface area (Å²) in [4.78, 5) is 23.8. The summed E-state index contributed by atoms with van der Waals surface area (Å²) in [5.41, 5.74) is -0.188. The topological polar surface area (TPSA) is 55.4 Å². The first-order valence-corrected chi connectivity index (χ1v) is 8.28. The van der Waals surface area contributed by atoms with Gasteiger partial charge in [-0.3, -0.25) is 4.79 Å². The van der Waals surface area contributed by atoms with Crippen LogP contribution in [0.2, 0.25) is 15.1 Å². The standard InChI is InChI=1S/C15H8BrCl3FNO3/c16-7-1-4-11(10(20)5-7)21-12(22)6-24-15(23)13-8(17)2-3-9(18)14(13)19/h1-5H,6H2,(H,21,22). The van der Waals surface area contributed by atoms with Crippen molar-refractivity contribution in [1.29, 1.82) is 0 Å². The minimum absolute atomic E-state index is 0.0359. The van der Waals surface area contributed by atoms with Gasteiger partial charge < -0.3 is 10.1 Å². The van der Waals surface area contributed by atoms with E-state index in [1.807, 2.05) is 0 Å². The maximum Gasteiger partial charge on any atom is 0.341 e. The second-order valence-electron chi connectivity index (χ2n) is 4.47. The van der Waals surface area contributed by atoms with Gasteiger partial charge in [-0.2, -0.15) is 0 Å². The number of anilines is 1. The van der Waals surface area contributed by atoms with Crippen LogP contribution in [0.25, 0.3) is 0 Å². The van der Waals surface area contributed by atoms with Gasteiger partial charge in [0, 0.05) is 4.47 Å². The van der Waals surface area contributed by atoms with E-state index in [-0.39, 0.29) is 26.3 Å². The lowest BCUT2D eigenvalue weighted by Crippen LogP contribution is -2.21. The first kappa shape index (κ1) is 19.0. The molecule has 9 heteroatoms. The van der Waals surface area contributed by atoms with Crippen molar-refractivity contribution < 1.29 is 18.7 Å². The molecule has 0 atom stereocenters. The molecule has 1 N–H and O–H groups in total. The average molecular weight is 455 g/mol. The third-order valence-electron chi connectivity index (χ3n) is 2.79. The molecule has 2 aromatic rings. The van der Waals surface area contributed by atoms with Gasteiger partial charge >= 0.3 is 5.97 Å². The average Bonchev–Trinajstić information content (AvgIpc) is 2.52. The van der Waals surface area contributed by atoms with E-state index >= 15 is 0 Å². The van der Waals surface area contributed by atoms with Crippen LogP contribution < -0.4 is 5.32 Å². The molecule has 0 spiro atoms. The van der Waals surface area contributed by atoms with E-state index in [0.29, 0.717) is 4.47 Å². The number of nitrogens with one attached hydrogen (secondary N) is 1. The van der Waals surface area contributed by atoms with Crippen LogP contribution in [0.1, 0.15) is 10.4 Å². The largest absolute Gasteiger partial charge is 0.452 e. The van der Waals surface area contributed by atoms with E-state index in [4.69, 9.17) is 39.5 Å². The van der Waals surface area contributed by atoms with Crippen LogP contribution in [0.15, 0.2) is 34.8 Å². The molecule has 126 valence electrons. The first-order chi connectivity index (χ1) is 11.3. The van der Waals surface area contributed by atoms with Crippen molar-refractivity contribution in [2.45, 2.75) is 0 Å². The summed E-state index contributed by atoms with van der Waals surface area (Å²) < 4.78 is 19.0. The molecule has 2 rings (SSSR count). The zero-order valence-electron chi connectivity index (χ0n) is 11.7. The highest BCUT2D eigenvalue weighted by Gasteiger charge is 2.20. The number of hydrogen-bond donors (Lipinski definition) is 1. The predicted molar refractivity (Wildman–Crippen MR) is 94.5 cm³/mol. The molecule has 4 nitrogen and oxygen atoms in total. The molecular formula is C15H8BrCl3FNO3. The molecule has 0 heterocycles. The van der Waals surface area contributed by atoms with E-state index in [9.17, 15) is 14.0 Å². The van der Waals surface area contributed by atoms with E-state index in [1.54, 1.807) is 6.07 Å². The lowest BCUT2D eigenvalue weighted by atomic mass is 10.2. The number of carbonyl (C=O) groups excluding carboxylic acids is 2. The summed E-state index contributed by atoms with van der Waals surface area (Å²) >= 11 is 20.7. The fourth-order valence-corrected chi connectivity index (χ4v) is 2.71. The lowest BCUT2D eigenvalue weighted by molar-refractivity contribution is -0.119. The van der Waals surface area contributed by atoms with Crippen LogP contribution >= 0.6 is 50.7 Å². The lowest BCUT2D eigenvalue weighted by Gasteiger charge is -2.10. The van der Waals surface area contributed by atoms with Gasteiger partial charge in [0.25, 0.3) is 5.91 Å². The second-order valence-corrected chi connectivity index (χ2v) is 6.57. The zero-order valence-corrected chi connectivity index (χ0v) is 15.6. The Morgan fingerprint density at radius 3 is 2.46 bits per heavy atom. The molecule has 24 heavy (non-hydrogen) atoms. The number of benzene rings is 2. The van der Waals surface area contributed by atoms with Crippen LogP contribution in [0.5, 0.6) is 0 Å². The summed E-state index contributed by atoms with van der Waals surface area (Å²) in [6, 6.07) is 6.91. The minimum Gasteiger partial charge on any atom is -0.452 e. The molecule has 0 fully saturated rings. The van der Waals surface area contributed by atoms with Crippen LogP contribution in [0.3, 0.4) is 0 Å². The van der Waals surface area contributed by atoms with Crippen molar-refractivity contribution in [2.24, 2.45) is 0 Å². The maximum atomic E-state index is 13.6. The number of esters is 1. The summed E-state index contributed by atoms with van der Waals surface area (Å²) in [5.74, 6) is -2.28. The van der Waals surface area contributed by atoms with Crippen molar-refractivity contribution >= 4 is 68.3 Å². The number of amides is 1. The Balaban J connectivity index is 2.02. The fraction of sp³-hybridized carbons (Fsp3) is 0.0667. The minimum atomic E-state index is -0.918. The van der Waals surface area contributed by atoms with E-state index in [1.165, 1.54) is 24.3 Å². The van der Waals surface area contributed by atoms with Gasteiger partial charge in [0.1, 0.15) is 5.82 Å². The van der Waals surface area contributed by atoms with E-state index < -0.39 is 24.3 Å². The first-order valence-electron chi connectivity index (χ1n) is 6.35. The number of carbonyl (C=O) groups is 2. The third-order valence-corrected chi connectivity index (χ3v) is 4.40. The van der Waals surface area contributed by atoms with Crippen molar-refractivity contribution in [3.8, 4) is 0 Å². The number of rotatable bonds is 4. The van der Waals surface area contributed by atoms with Gasteiger partial charge in [-0.25, -0.2) is 9.18 Å². The molecule has 0 radical (unpaired) electrons. The van der Waals surface area contributed by atoms with Crippen LogP contribution in [0, 0.1) is 5.82 Å². The molecule has 1 amide bonds. The van der Waals surface area contributed by atoms with E-state index in [2.05, 4.69) is 21.2 Å². The monoisotopic (exact) mass is 453 g/mol. The number of hydrogen-bond acceptors (Lipinski definition) is 3. The van der Waals surface area contributed by atoms with Crippen LogP contribution in [0.4, 0.5) is 10.1 Å². The third kappa shape index (κ3) is 4.60. The molecule has 0 aliphatic rings. The molecule has 0 aliphatic carbocycles. The summed E-state index contributed by atoms with van der Waals surface area (Å²) in [5, 5.41) is 2.36. The van der Waals surface area contributed by atoms with Gasteiger partial charge in [-0.05, 0) is 30.3 Å². The smallest absolute Gasteiger partial charge is 0.341 e. The second kappa shape index (κ2) is 8.16. The van der Waals surface area contributed by atoms with E-state index in [0.717, 1.165) is 0 Å². The Bertz CT molecular complexity index is 817. The Morgan fingerprint density at radius 2 is 1.79 bits per heavy atom. The number of halogens is 5. The van der Waals surface area contributed by atoms with Crippen molar-refractivity contribution in [1.82, 2.24) is 0 Å². The fourth-order valence-electron chi connectivity index (χ4n) is 1.69. The van der Waals surface area contributed by atoms with Crippen molar-refractivity contribution in [2.75, 3.05) is 11.9 Å². The normalized spacial score (nSPS) is 10.4. The molecule has 0 aliphatic heterocycles. The van der Waals surface area contributed by atoms with Gasteiger partial charge in [-0.1, -0.05) is 50.7 Å². The maximum absolute atomic E-state index is 13.6. The Morgan fingerprint density at radius 1 is 1.12 bits per heavy atom. The summed E-state index contributed by atoms with van der Waals surface area (Å²) in [7, 11) is 0. The SMILES string of the molecule is O=C(COC(=O)c1c(Cl)ccc(Cl)c1Cl)Nc1ccc(Br)cc1F. The summed E-state index contributed by atoms with van der Waals surface area (Å²) in [6.45, 7) is -0.645. The molecule has 0 bridgehead atoms. The zero-order chi connectivity index (χ0) is 17.9. The highest BCUT2D eigenvalue weighted by atomic mass is 79.9. The quantitative estimate of drug-likeness (QED) is 0.500. The number of ether oxygens (including phenoxy) is 1. The molecular weight excluding hydrogens is 447 g/mol. The van der Waals surface area contributed by atoms with Crippen molar-refractivity contribution in [3.63, 3.8) is 0 Å². The Kier molecular flexibility index (Phi) is 6.46. The van der Waals surface area contributed by atoms with Gasteiger partial charge in [-0.15, -0.1) is 0 Å². The highest BCUT2D eigenvalue weighted by molar-refractivity contribution is 9.10. The van der Waals surface area contributed by atoms with Crippen LogP contribution in [-0.2, 0) is 9.53 Å². The summed E-state index contributed by atoms with van der Waals surface area (Å²) in [6.07, 6.45) is 0. The van der Waals surface area contributed by atoms with Gasteiger partial charge in [0.15, 0.2) is 6.61 Å². The van der Waals surface area contributed by atoms with Gasteiger partial charge in [0.2, 0.25) is 0 Å². The Hall–Kier alpha value is -1.34. The molecule has 0 saturated heterocycles. The van der Waals surface area contributed by atoms with Gasteiger partial charge in [0.05, 0.1) is 26.3 Å². The Labute approximate surface area is 160 Å². The molecule has 0 unspecified atom stereocenters. The van der Waals surface area contributed by atoms with Crippen LogP contribution in [-0.4, -0.2) is 18.5 Å². The molecule has 0 aromatic heterocycles. The molecule has 2 aromatic carbocycles. The molecule has 0 saturated carbocycles. The highest BCUT2D eigenvalue weighted by Crippen LogP contribution is 2.31.